The molecule has 8 heteroatoms. The summed E-state index contributed by atoms with van der Waals surface area (Å²) in [5.41, 5.74) is 2.23. The van der Waals surface area contributed by atoms with Crippen LogP contribution in [0.4, 0.5) is 5.82 Å². The minimum Gasteiger partial charge on any atom is -0.481 e. The third-order valence-electron chi connectivity index (χ3n) is 4.46. The molecule has 0 bridgehead atoms. The number of benzene rings is 1. The molecule has 0 aliphatic rings. The van der Waals surface area contributed by atoms with Crippen molar-refractivity contribution in [3.63, 3.8) is 0 Å². The highest BCUT2D eigenvalue weighted by Gasteiger charge is 2.24. The van der Waals surface area contributed by atoms with Crippen LogP contribution in [0.1, 0.15) is 54.2 Å². The van der Waals surface area contributed by atoms with Crippen LogP contribution in [0, 0.1) is 18.3 Å². The van der Waals surface area contributed by atoms with Crippen LogP contribution >= 0.6 is 15.9 Å². The fourth-order valence-corrected chi connectivity index (χ4v) is 3.35. The molecule has 7 nitrogen and oxygen atoms in total. The number of nitriles is 1. The highest BCUT2D eigenvalue weighted by molar-refractivity contribution is 9.10. The number of hydrogen-bond acceptors (Lipinski definition) is 6. The molecule has 0 fully saturated rings. The van der Waals surface area contributed by atoms with Crippen molar-refractivity contribution in [1.82, 2.24) is 4.98 Å². The number of carbonyl (C=O) groups is 2. The van der Waals surface area contributed by atoms with E-state index in [-0.39, 0.29) is 24.2 Å². The topological polar surface area (TPSA) is 112 Å². The lowest BCUT2D eigenvalue weighted by Gasteiger charge is -2.17. The van der Waals surface area contributed by atoms with Gasteiger partial charge in [-0.25, -0.2) is 9.78 Å². The first-order chi connectivity index (χ1) is 14.4. The third-order valence-corrected chi connectivity index (χ3v) is 4.99. The van der Waals surface area contributed by atoms with Gasteiger partial charge in [0, 0.05) is 23.0 Å². The second-order valence-electron chi connectivity index (χ2n) is 6.64. The van der Waals surface area contributed by atoms with Crippen LogP contribution in [0.15, 0.2) is 28.7 Å². The van der Waals surface area contributed by atoms with Crippen LogP contribution in [0.3, 0.4) is 0 Å². The number of carbonyl (C=O) groups excluding carboxylic acids is 1. The van der Waals surface area contributed by atoms with E-state index >= 15 is 0 Å². The molecule has 0 atom stereocenters. The number of aliphatic carboxylic acids is 1. The van der Waals surface area contributed by atoms with Crippen molar-refractivity contribution in [2.75, 3.05) is 18.5 Å². The van der Waals surface area contributed by atoms with Crippen molar-refractivity contribution in [3.05, 3.63) is 45.6 Å². The Morgan fingerprint density at radius 3 is 2.53 bits per heavy atom. The number of nitrogens with one attached hydrogen (secondary N) is 1. The lowest BCUT2D eigenvalue weighted by atomic mass is 9.94. The molecule has 2 aromatic rings. The van der Waals surface area contributed by atoms with Gasteiger partial charge >= 0.3 is 11.9 Å². The van der Waals surface area contributed by atoms with Crippen molar-refractivity contribution >= 4 is 33.7 Å². The molecule has 1 heterocycles. The maximum absolute atomic E-state index is 12.6. The van der Waals surface area contributed by atoms with Crippen molar-refractivity contribution in [2.24, 2.45) is 0 Å². The summed E-state index contributed by atoms with van der Waals surface area (Å²) >= 11 is 3.40. The van der Waals surface area contributed by atoms with Gasteiger partial charge in [-0.1, -0.05) is 34.5 Å². The predicted molar refractivity (Wildman–Crippen MR) is 117 cm³/mol. The molecular weight excluding hydrogens is 450 g/mol. The SMILES string of the molecule is CCOC(=O)c1c(C)nc(NCCCCCC(=O)O)c(C#N)c1-c1ccc(Br)cc1. The lowest BCUT2D eigenvalue weighted by Crippen LogP contribution is -2.15. The van der Waals surface area contributed by atoms with Crippen molar-refractivity contribution < 1.29 is 19.4 Å². The average molecular weight is 474 g/mol. The van der Waals surface area contributed by atoms with Crippen LogP contribution in [0.25, 0.3) is 11.1 Å². The number of nitrogens with zero attached hydrogens (tertiary/aromatic N) is 2. The second-order valence-corrected chi connectivity index (χ2v) is 7.56. The highest BCUT2D eigenvalue weighted by Crippen LogP contribution is 2.34. The largest absolute Gasteiger partial charge is 0.481 e. The number of ether oxygens (including phenoxy) is 1. The summed E-state index contributed by atoms with van der Waals surface area (Å²) in [6.07, 6.45) is 2.23. The van der Waals surface area contributed by atoms with E-state index in [9.17, 15) is 14.9 Å². The van der Waals surface area contributed by atoms with Crippen molar-refractivity contribution in [2.45, 2.75) is 39.5 Å². The van der Waals surface area contributed by atoms with Gasteiger partial charge in [0.15, 0.2) is 0 Å². The maximum Gasteiger partial charge on any atom is 0.340 e. The molecule has 158 valence electrons. The smallest absolute Gasteiger partial charge is 0.340 e. The van der Waals surface area contributed by atoms with E-state index in [0.29, 0.717) is 35.6 Å². The van der Waals surface area contributed by atoms with E-state index in [2.05, 4.69) is 32.3 Å². The van der Waals surface area contributed by atoms with Crippen LogP contribution in [-0.2, 0) is 9.53 Å². The van der Waals surface area contributed by atoms with Gasteiger partial charge in [0.05, 0.1) is 17.9 Å². The lowest BCUT2D eigenvalue weighted by molar-refractivity contribution is -0.137. The Hall–Kier alpha value is -2.92. The molecule has 0 spiro atoms. The van der Waals surface area contributed by atoms with Crippen LogP contribution < -0.4 is 5.32 Å². The standard InChI is InChI=1S/C22H24BrN3O4/c1-3-30-22(29)19-14(2)26-21(25-12-6-4-5-7-18(27)28)17(13-24)20(19)15-8-10-16(23)11-9-15/h8-11H,3-7,12H2,1-2H3,(H,25,26)(H,27,28). The molecule has 0 radical (unpaired) electrons. The van der Waals surface area contributed by atoms with E-state index in [1.165, 1.54) is 0 Å². The van der Waals surface area contributed by atoms with Crippen LogP contribution in [-0.4, -0.2) is 35.2 Å². The van der Waals surface area contributed by atoms with E-state index in [0.717, 1.165) is 17.3 Å². The first-order valence-electron chi connectivity index (χ1n) is 9.72. The fraction of sp³-hybridized carbons (Fsp3) is 0.364. The molecule has 30 heavy (non-hydrogen) atoms. The van der Waals surface area contributed by atoms with Gasteiger partial charge in [-0.15, -0.1) is 0 Å². The normalized spacial score (nSPS) is 10.3. The second kappa shape index (κ2) is 11.3. The highest BCUT2D eigenvalue weighted by atomic mass is 79.9. The zero-order valence-electron chi connectivity index (χ0n) is 17.0. The van der Waals surface area contributed by atoms with E-state index in [1.807, 2.05) is 24.3 Å². The summed E-state index contributed by atoms with van der Waals surface area (Å²) in [6.45, 7) is 4.20. The molecular formula is C22H24BrN3O4. The maximum atomic E-state index is 12.6. The van der Waals surface area contributed by atoms with Gasteiger partial charge in [-0.3, -0.25) is 4.79 Å². The molecule has 1 aromatic carbocycles. The number of esters is 1. The van der Waals surface area contributed by atoms with E-state index in [4.69, 9.17) is 9.84 Å². The summed E-state index contributed by atoms with van der Waals surface area (Å²) < 4.78 is 6.10. The summed E-state index contributed by atoms with van der Waals surface area (Å²) in [5.74, 6) is -0.919. The summed E-state index contributed by atoms with van der Waals surface area (Å²) in [7, 11) is 0. The Bertz CT molecular complexity index is 952. The van der Waals surface area contributed by atoms with Gasteiger partial charge in [-0.05, 0) is 44.4 Å². The number of aromatic nitrogens is 1. The number of carboxylic acids is 1. The Kier molecular flexibility index (Phi) is 8.81. The molecule has 0 aliphatic carbocycles. The molecule has 2 rings (SSSR count). The monoisotopic (exact) mass is 473 g/mol. The number of aryl methyl sites for hydroxylation is 1. The molecule has 2 N–H and O–H groups in total. The Balaban J connectivity index is 2.40. The fourth-order valence-electron chi connectivity index (χ4n) is 3.08. The summed E-state index contributed by atoms with van der Waals surface area (Å²) in [4.78, 5) is 27.7. The number of pyridine rings is 1. The number of rotatable bonds is 10. The van der Waals surface area contributed by atoms with Crippen molar-refractivity contribution in [3.8, 4) is 17.2 Å². The van der Waals surface area contributed by atoms with Gasteiger partial charge in [0.1, 0.15) is 17.5 Å². The zero-order valence-corrected chi connectivity index (χ0v) is 18.6. The molecule has 1 aromatic heterocycles. The Morgan fingerprint density at radius 2 is 1.93 bits per heavy atom. The minimum absolute atomic E-state index is 0.142. The Labute approximate surface area is 184 Å². The predicted octanol–water partition coefficient (Wildman–Crippen LogP) is 4.92. The molecule has 0 saturated carbocycles. The molecule has 0 unspecified atom stereocenters. The molecule has 0 saturated heterocycles. The number of halogens is 1. The van der Waals surface area contributed by atoms with Gasteiger partial charge < -0.3 is 15.2 Å². The van der Waals surface area contributed by atoms with Crippen LogP contribution in [0.5, 0.6) is 0 Å². The third kappa shape index (κ3) is 6.04. The number of anilines is 1. The number of unbranched alkanes of at least 4 members (excludes halogenated alkanes) is 2. The quantitative estimate of drug-likeness (QED) is 0.371. The first-order valence-corrected chi connectivity index (χ1v) is 10.5. The van der Waals surface area contributed by atoms with Crippen molar-refractivity contribution in [1.29, 1.82) is 5.26 Å². The summed E-state index contributed by atoms with van der Waals surface area (Å²) in [5, 5.41) is 21.8. The van der Waals surface area contributed by atoms with Crippen LogP contribution in [0.2, 0.25) is 0 Å². The van der Waals surface area contributed by atoms with Gasteiger partial charge in [-0.2, -0.15) is 5.26 Å². The van der Waals surface area contributed by atoms with E-state index < -0.39 is 11.9 Å². The number of hydrogen-bond donors (Lipinski definition) is 2. The van der Waals surface area contributed by atoms with Gasteiger partial charge in [0.2, 0.25) is 0 Å². The molecule has 0 aliphatic heterocycles. The number of carboxylic acid groups (broad SMARTS) is 1. The average Bonchev–Trinajstić information content (AvgIpc) is 2.70. The Morgan fingerprint density at radius 1 is 1.23 bits per heavy atom. The zero-order chi connectivity index (χ0) is 22.1. The van der Waals surface area contributed by atoms with E-state index in [1.54, 1.807) is 13.8 Å². The minimum atomic E-state index is -0.805. The molecule has 0 amide bonds. The summed E-state index contributed by atoms with van der Waals surface area (Å²) in [6, 6.07) is 9.54. The first kappa shape index (κ1) is 23.4. The van der Waals surface area contributed by atoms with Gasteiger partial charge in [0.25, 0.3) is 0 Å².